The zero-order valence-electron chi connectivity index (χ0n) is 16.1. The zero-order chi connectivity index (χ0) is 18.1. The van der Waals surface area contributed by atoms with Crippen LogP contribution in [0.3, 0.4) is 0 Å². The van der Waals surface area contributed by atoms with Gasteiger partial charge in [-0.05, 0) is 76.8 Å². The number of hydrogen-bond acceptors (Lipinski definition) is 3. The van der Waals surface area contributed by atoms with Crippen molar-refractivity contribution >= 4 is 0 Å². The molecule has 1 aromatic rings. The summed E-state index contributed by atoms with van der Waals surface area (Å²) >= 11 is 0. The van der Waals surface area contributed by atoms with Gasteiger partial charge < -0.3 is 9.47 Å². The first-order valence-electron chi connectivity index (χ1n) is 9.76. The summed E-state index contributed by atoms with van der Waals surface area (Å²) in [5.41, 5.74) is -0.140. The summed E-state index contributed by atoms with van der Waals surface area (Å²) < 4.78 is 24.6. The van der Waals surface area contributed by atoms with E-state index in [0.717, 1.165) is 50.4 Å². The number of halogens is 1. The molecule has 0 saturated carbocycles. The molecular weight excluding hydrogens is 317 g/mol. The number of unbranched alkanes of at least 4 members (excludes halogenated alkanes) is 1. The molecule has 0 amide bonds. The van der Waals surface area contributed by atoms with Crippen molar-refractivity contribution in [2.24, 2.45) is 0 Å². The van der Waals surface area contributed by atoms with Crippen LogP contribution in [0.4, 0.5) is 4.39 Å². The Hall–Kier alpha value is -1.29. The SMILES string of the molecule is CCCCC(C)(C)Oc1ccc(OC2CCCN(CCCF)C2)cc1. The van der Waals surface area contributed by atoms with E-state index >= 15 is 0 Å². The van der Waals surface area contributed by atoms with Crippen LogP contribution in [0, 0.1) is 0 Å². The lowest BCUT2D eigenvalue weighted by atomic mass is 10.0. The number of benzene rings is 1. The molecule has 1 aliphatic heterocycles. The molecule has 1 aromatic carbocycles. The van der Waals surface area contributed by atoms with Gasteiger partial charge in [-0.1, -0.05) is 13.3 Å². The summed E-state index contributed by atoms with van der Waals surface area (Å²) in [4.78, 5) is 2.31. The molecule has 0 radical (unpaired) electrons. The molecular formula is C21H34FNO2. The maximum atomic E-state index is 12.3. The number of likely N-dealkylation sites (tertiary alicyclic amines) is 1. The first kappa shape index (κ1) is 20.0. The van der Waals surface area contributed by atoms with Crippen LogP contribution in [0.5, 0.6) is 11.5 Å². The Morgan fingerprint density at radius 3 is 2.56 bits per heavy atom. The molecule has 0 spiro atoms. The Kier molecular flexibility index (Phi) is 8.01. The lowest BCUT2D eigenvalue weighted by Gasteiger charge is -2.32. The fourth-order valence-electron chi connectivity index (χ4n) is 3.35. The fourth-order valence-corrected chi connectivity index (χ4v) is 3.35. The second-order valence-corrected chi connectivity index (χ2v) is 7.66. The molecule has 142 valence electrons. The van der Waals surface area contributed by atoms with Crippen LogP contribution in [0.1, 0.15) is 59.3 Å². The largest absolute Gasteiger partial charge is 0.489 e. The van der Waals surface area contributed by atoms with Crippen molar-refractivity contribution < 1.29 is 13.9 Å². The van der Waals surface area contributed by atoms with Gasteiger partial charge in [-0.15, -0.1) is 0 Å². The summed E-state index contributed by atoms with van der Waals surface area (Å²) in [5, 5.41) is 0. The average molecular weight is 352 g/mol. The predicted molar refractivity (Wildman–Crippen MR) is 101 cm³/mol. The van der Waals surface area contributed by atoms with Crippen molar-refractivity contribution in [2.75, 3.05) is 26.3 Å². The van der Waals surface area contributed by atoms with Crippen LogP contribution < -0.4 is 9.47 Å². The maximum absolute atomic E-state index is 12.3. The maximum Gasteiger partial charge on any atom is 0.120 e. The van der Waals surface area contributed by atoms with Gasteiger partial charge in [0.05, 0.1) is 6.67 Å². The van der Waals surface area contributed by atoms with E-state index in [9.17, 15) is 4.39 Å². The van der Waals surface area contributed by atoms with Gasteiger partial charge >= 0.3 is 0 Å². The van der Waals surface area contributed by atoms with E-state index in [1.54, 1.807) is 0 Å². The fraction of sp³-hybridized carbons (Fsp3) is 0.714. The minimum Gasteiger partial charge on any atom is -0.489 e. The van der Waals surface area contributed by atoms with E-state index < -0.39 is 0 Å². The molecule has 1 heterocycles. The van der Waals surface area contributed by atoms with E-state index in [-0.39, 0.29) is 18.4 Å². The normalized spacial score (nSPS) is 19.0. The molecule has 1 unspecified atom stereocenters. The number of nitrogens with zero attached hydrogens (tertiary/aromatic N) is 1. The van der Waals surface area contributed by atoms with Gasteiger partial charge in [-0.2, -0.15) is 0 Å². The Balaban J connectivity index is 1.83. The predicted octanol–water partition coefficient (Wildman–Crippen LogP) is 5.24. The van der Waals surface area contributed by atoms with Crippen LogP contribution in [0.15, 0.2) is 24.3 Å². The lowest BCUT2D eigenvalue weighted by Crippen LogP contribution is -2.41. The van der Waals surface area contributed by atoms with Gasteiger partial charge in [0.15, 0.2) is 0 Å². The third kappa shape index (κ3) is 7.23. The van der Waals surface area contributed by atoms with Crippen molar-refractivity contribution in [1.29, 1.82) is 0 Å². The topological polar surface area (TPSA) is 21.7 Å². The standard InChI is InChI=1S/C21H34FNO2/c1-4-5-13-21(2,3)25-19-11-9-18(10-12-19)24-20-8-6-15-23(17-20)16-7-14-22/h9-12,20H,4-8,13-17H2,1-3H3. The zero-order valence-corrected chi connectivity index (χ0v) is 16.1. The van der Waals surface area contributed by atoms with Crippen molar-refractivity contribution in [3.05, 3.63) is 24.3 Å². The first-order valence-corrected chi connectivity index (χ1v) is 9.76. The van der Waals surface area contributed by atoms with E-state index in [2.05, 4.69) is 25.7 Å². The van der Waals surface area contributed by atoms with Gasteiger partial charge in [-0.3, -0.25) is 9.29 Å². The molecule has 0 bridgehead atoms. The molecule has 2 rings (SSSR count). The van der Waals surface area contributed by atoms with Crippen LogP contribution in [0.25, 0.3) is 0 Å². The number of piperidine rings is 1. The van der Waals surface area contributed by atoms with Gasteiger partial charge in [0.1, 0.15) is 23.2 Å². The highest BCUT2D eigenvalue weighted by Gasteiger charge is 2.21. The van der Waals surface area contributed by atoms with Crippen LogP contribution in [-0.2, 0) is 0 Å². The van der Waals surface area contributed by atoms with Crippen molar-refractivity contribution in [2.45, 2.75) is 71.0 Å². The summed E-state index contributed by atoms with van der Waals surface area (Å²) in [6, 6.07) is 7.97. The molecule has 25 heavy (non-hydrogen) atoms. The van der Waals surface area contributed by atoms with E-state index in [1.165, 1.54) is 12.8 Å². The smallest absolute Gasteiger partial charge is 0.120 e. The third-order valence-electron chi connectivity index (χ3n) is 4.72. The minimum absolute atomic E-state index is 0.140. The van der Waals surface area contributed by atoms with Gasteiger partial charge in [-0.25, -0.2) is 0 Å². The Bertz CT molecular complexity index is 489. The van der Waals surface area contributed by atoms with Gasteiger partial charge in [0, 0.05) is 13.1 Å². The van der Waals surface area contributed by atoms with Gasteiger partial charge in [0.2, 0.25) is 0 Å². The highest BCUT2D eigenvalue weighted by Crippen LogP contribution is 2.26. The molecule has 3 nitrogen and oxygen atoms in total. The molecule has 1 saturated heterocycles. The Morgan fingerprint density at radius 1 is 1.16 bits per heavy atom. The molecule has 0 N–H and O–H groups in total. The number of hydrogen-bond donors (Lipinski definition) is 0. The minimum atomic E-state index is -0.238. The molecule has 4 heteroatoms. The highest BCUT2D eigenvalue weighted by atomic mass is 19.1. The van der Waals surface area contributed by atoms with Crippen LogP contribution in [0.2, 0.25) is 0 Å². The summed E-state index contributed by atoms with van der Waals surface area (Å²) in [5.74, 6) is 1.78. The lowest BCUT2D eigenvalue weighted by molar-refractivity contribution is 0.0854. The summed E-state index contributed by atoms with van der Waals surface area (Å²) in [6.45, 7) is 9.02. The summed E-state index contributed by atoms with van der Waals surface area (Å²) in [6.07, 6.45) is 6.41. The van der Waals surface area contributed by atoms with Crippen LogP contribution >= 0.6 is 0 Å². The number of alkyl halides is 1. The second kappa shape index (κ2) is 10.0. The van der Waals surface area contributed by atoms with Gasteiger partial charge in [0.25, 0.3) is 0 Å². The monoisotopic (exact) mass is 351 g/mol. The van der Waals surface area contributed by atoms with E-state index in [1.807, 2.05) is 24.3 Å². The molecule has 1 aliphatic rings. The van der Waals surface area contributed by atoms with Crippen LogP contribution in [-0.4, -0.2) is 42.9 Å². The third-order valence-corrected chi connectivity index (χ3v) is 4.72. The number of ether oxygens (including phenoxy) is 2. The molecule has 1 fully saturated rings. The Morgan fingerprint density at radius 2 is 1.88 bits per heavy atom. The quantitative estimate of drug-likeness (QED) is 0.575. The number of rotatable bonds is 10. The average Bonchev–Trinajstić information content (AvgIpc) is 2.60. The van der Waals surface area contributed by atoms with E-state index in [0.29, 0.717) is 6.42 Å². The van der Waals surface area contributed by atoms with Crippen molar-refractivity contribution in [3.8, 4) is 11.5 Å². The first-order chi connectivity index (χ1) is 12.0. The molecule has 1 atom stereocenters. The molecule has 0 aliphatic carbocycles. The highest BCUT2D eigenvalue weighted by molar-refractivity contribution is 5.31. The van der Waals surface area contributed by atoms with Crippen molar-refractivity contribution in [3.63, 3.8) is 0 Å². The Labute approximate surface area is 152 Å². The second-order valence-electron chi connectivity index (χ2n) is 7.66. The van der Waals surface area contributed by atoms with Crippen molar-refractivity contribution in [1.82, 2.24) is 4.90 Å². The summed E-state index contributed by atoms with van der Waals surface area (Å²) in [7, 11) is 0. The molecule has 0 aromatic heterocycles. The van der Waals surface area contributed by atoms with E-state index in [4.69, 9.17) is 9.47 Å².